The summed E-state index contributed by atoms with van der Waals surface area (Å²) in [7, 11) is 1.70. The van der Waals surface area contributed by atoms with Gasteiger partial charge in [-0.05, 0) is 18.9 Å². The van der Waals surface area contributed by atoms with Gasteiger partial charge in [0.15, 0.2) is 0 Å². The standard InChI is InChI=1S/C12H15O/c1-3-4-10-12(13-2)11-8-6-5-7-9-11/h5-10H,1,3-4H2,2H3. The predicted octanol–water partition coefficient (Wildman–Crippen LogP) is 3.29. The van der Waals surface area contributed by atoms with Gasteiger partial charge in [0.1, 0.15) is 5.76 Å². The lowest BCUT2D eigenvalue weighted by atomic mass is 10.1. The normalized spacial score (nSPS) is 11.4. The van der Waals surface area contributed by atoms with Gasteiger partial charge in [-0.25, -0.2) is 0 Å². The number of hydrogen-bond donors (Lipinski definition) is 0. The summed E-state index contributed by atoms with van der Waals surface area (Å²) >= 11 is 0. The van der Waals surface area contributed by atoms with Crippen molar-refractivity contribution >= 4 is 5.76 Å². The smallest absolute Gasteiger partial charge is 0.122 e. The quantitative estimate of drug-likeness (QED) is 0.638. The van der Waals surface area contributed by atoms with Crippen LogP contribution >= 0.6 is 0 Å². The van der Waals surface area contributed by atoms with E-state index in [0.717, 1.165) is 24.2 Å². The van der Waals surface area contributed by atoms with Crippen LogP contribution in [-0.4, -0.2) is 7.11 Å². The van der Waals surface area contributed by atoms with Crippen molar-refractivity contribution in [2.45, 2.75) is 12.8 Å². The van der Waals surface area contributed by atoms with Gasteiger partial charge in [-0.2, -0.15) is 0 Å². The third-order valence-corrected chi connectivity index (χ3v) is 1.81. The number of rotatable bonds is 4. The molecule has 1 radical (unpaired) electrons. The van der Waals surface area contributed by atoms with Gasteiger partial charge >= 0.3 is 0 Å². The Labute approximate surface area is 80.0 Å². The zero-order chi connectivity index (χ0) is 9.52. The molecule has 0 unspecified atom stereocenters. The highest BCUT2D eigenvalue weighted by molar-refractivity contribution is 5.59. The van der Waals surface area contributed by atoms with Crippen LogP contribution in [0.1, 0.15) is 18.4 Å². The number of allylic oxidation sites excluding steroid dienone is 1. The van der Waals surface area contributed by atoms with Gasteiger partial charge in [0, 0.05) is 5.56 Å². The molecule has 13 heavy (non-hydrogen) atoms. The molecule has 1 nitrogen and oxygen atoms in total. The van der Waals surface area contributed by atoms with Gasteiger partial charge in [0.05, 0.1) is 7.11 Å². The summed E-state index contributed by atoms with van der Waals surface area (Å²) in [5, 5.41) is 0. The average Bonchev–Trinajstić information content (AvgIpc) is 2.21. The van der Waals surface area contributed by atoms with E-state index in [2.05, 4.69) is 13.0 Å². The Morgan fingerprint density at radius 1 is 1.38 bits per heavy atom. The molecule has 0 saturated carbocycles. The van der Waals surface area contributed by atoms with Crippen molar-refractivity contribution in [3.05, 3.63) is 48.9 Å². The van der Waals surface area contributed by atoms with Crippen LogP contribution < -0.4 is 0 Å². The second-order valence-corrected chi connectivity index (χ2v) is 2.78. The Bertz CT molecular complexity index is 262. The maximum absolute atomic E-state index is 5.27. The van der Waals surface area contributed by atoms with Crippen LogP contribution in [0.25, 0.3) is 5.76 Å². The van der Waals surface area contributed by atoms with Gasteiger partial charge in [0.25, 0.3) is 0 Å². The molecule has 0 saturated heterocycles. The largest absolute Gasteiger partial charge is 0.496 e. The molecule has 0 fully saturated rings. The zero-order valence-corrected chi connectivity index (χ0v) is 7.99. The third kappa shape index (κ3) is 2.94. The molecule has 0 aliphatic rings. The topological polar surface area (TPSA) is 9.23 Å². The van der Waals surface area contributed by atoms with E-state index >= 15 is 0 Å². The number of benzene rings is 1. The van der Waals surface area contributed by atoms with Crippen molar-refractivity contribution < 1.29 is 4.74 Å². The minimum Gasteiger partial charge on any atom is -0.496 e. The molecule has 1 aromatic carbocycles. The molecule has 1 heteroatoms. The van der Waals surface area contributed by atoms with E-state index in [4.69, 9.17) is 4.74 Å². The van der Waals surface area contributed by atoms with E-state index < -0.39 is 0 Å². The van der Waals surface area contributed by atoms with E-state index in [-0.39, 0.29) is 0 Å². The molecular formula is C12H15O. The van der Waals surface area contributed by atoms with Crippen LogP contribution in [0.3, 0.4) is 0 Å². The lowest BCUT2D eigenvalue weighted by Gasteiger charge is -2.05. The maximum atomic E-state index is 5.27. The maximum Gasteiger partial charge on any atom is 0.122 e. The van der Waals surface area contributed by atoms with Gasteiger partial charge < -0.3 is 4.74 Å². The Morgan fingerprint density at radius 2 is 2.08 bits per heavy atom. The highest BCUT2D eigenvalue weighted by Gasteiger charge is 1.97. The van der Waals surface area contributed by atoms with Crippen molar-refractivity contribution in [1.82, 2.24) is 0 Å². The first kappa shape index (κ1) is 9.85. The second kappa shape index (κ2) is 5.41. The molecule has 0 amide bonds. The Kier molecular flexibility index (Phi) is 4.10. The second-order valence-electron chi connectivity index (χ2n) is 2.78. The lowest BCUT2D eigenvalue weighted by Crippen LogP contribution is -1.86. The molecule has 0 aromatic heterocycles. The van der Waals surface area contributed by atoms with Gasteiger partial charge in [0.2, 0.25) is 0 Å². The van der Waals surface area contributed by atoms with Gasteiger partial charge in [-0.3, -0.25) is 0 Å². The molecule has 0 atom stereocenters. The van der Waals surface area contributed by atoms with Crippen LogP contribution in [0.4, 0.5) is 0 Å². The fourth-order valence-corrected chi connectivity index (χ4v) is 1.15. The Morgan fingerprint density at radius 3 is 2.62 bits per heavy atom. The van der Waals surface area contributed by atoms with Crippen LogP contribution in [0.2, 0.25) is 0 Å². The zero-order valence-electron chi connectivity index (χ0n) is 7.99. The summed E-state index contributed by atoms with van der Waals surface area (Å²) in [6.07, 6.45) is 3.93. The molecular weight excluding hydrogens is 160 g/mol. The van der Waals surface area contributed by atoms with Crippen molar-refractivity contribution in [2.24, 2.45) is 0 Å². The van der Waals surface area contributed by atoms with E-state index in [0.29, 0.717) is 0 Å². The minimum absolute atomic E-state index is 0.902. The summed E-state index contributed by atoms with van der Waals surface area (Å²) in [5.74, 6) is 0.934. The monoisotopic (exact) mass is 175 g/mol. The SMILES string of the molecule is [CH2]CCC=C(OC)c1ccccc1. The molecule has 0 heterocycles. The molecule has 0 bridgehead atoms. The van der Waals surface area contributed by atoms with Gasteiger partial charge in [-0.1, -0.05) is 37.3 Å². The van der Waals surface area contributed by atoms with Gasteiger partial charge in [-0.15, -0.1) is 0 Å². The average molecular weight is 175 g/mol. The number of unbranched alkanes of at least 4 members (excludes halogenated alkanes) is 1. The first-order chi connectivity index (χ1) is 6.38. The number of methoxy groups -OCH3 is 1. The molecule has 69 valence electrons. The summed E-state index contributed by atoms with van der Waals surface area (Å²) < 4.78 is 5.27. The first-order valence-electron chi connectivity index (χ1n) is 4.47. The van der Waals surface area contributed by atoms with E-state index in [1.165, 1.54) is 0 Å². The highest BCUT2D eigenvalue weighted by Crippen LogP contribution is 2.15. The van der Waals surface area contributed by atoms with E-state index in [1.807, 2.05) is 30.3 Å². The van der Waals surface area contributed by atoms with Crippen molar-refractivity contribution in [1.29, 1.82) is 0 Å². The molecule has 1 aromatic rings. The predicted molar refractivity (Wildman–Crippen MR) is 56.0 cm³/mol. The molecule has 0 aliphatic heterocycles. The van der Waals surface area contributed by atoms with E-state index in [1.54, 1.807) is 7.11 Å². The van der Waals surface area contributed by atoms with E-state index in [9.17, 15) is 0 Å². The van der Waals surface area contributed by atoms with Crippen molar-refractivity contribution in [3.8, 4) is 0 Å². The van der Waals surface area contributed by atoms with Crippen LogP contribution in [0.15, 0.2) is 36.4 Å². The lowest BCUT2D eigenvalue weighted by molar-refractivity contribution is 0.368. The third-order valence-electron chi connectivity index (χ3n) is 1.81. The summed E-state index contributed by atoms with van der Waals surface area (Å²) in [4.78, 5) is 0. The Balaban J connectivity index is 2.78. The first-order valence-corrected chi connectivity index (χ1v) is 4.47. The van der Waals surface area contributed by atoms with Crippen LogP contribution in [0, 0.1) is 6.92 Å². The molecule has 0 N–H and O–H groups in total. The summed E-state index contributed by atoms with van der Waals surface area (Å²) in [6.45, 7) is 3.79. The Hall–Kier alpha value is -1.24. The van der Waals surface area contributed by atoms with Crippen LogP contribution in [-0.2, 0) is 4.74 Å². The molecule has 1 rings (SSSR count). The summed E-state index contributed by atoms with van der Waals surface area (Å²) in [5.41, 5.74) is 1.12. The summed E-state index contributed by atoms with van der Waals surface area (Å²) in [6, 6.07) is 10.1. The fourth-order valence-electron chi connectivity index (χ4n) is 1.15. The van der Waals surface area contributed by atoms with Crippen LogP contribution in [0.5, 0.6) is 0 Å². The highest BCUT2D eigenvalue weighted by atomic mass is 16.5. The molecule has 0 spiro atoms. The minimum atomic E-state index is 0.902. The number of hydrogen-bond acceptors (Lipinski definition) is 1. The van der Waals surface area contributed by atoms with Crippen molar-refractivity contribution in [2.75, 3.05) is 7.11 Å². The number of ether oxygens (including phenoxy) is 1. The van der Waals surface area contributed by atoms with Crippen molar-refractivity contribution in [3.63, 3.8) is 0 Å². The fraction of sp³-hybridized carbons (Fsp3) is 0.250. The molecule has 0 aliphatic carbocycles.